The highest BCUT2D eigenvalue weighted by molar-refractivity contribution is 7.99. The van der Waals surface area contributed by atoms with Crippen LogP contribution in [0.25, 0.3) is 11.4 Å². The molecule has 0 spiro atoms. The standard InChI is InChI=1S/C23H22N4O2S2/c1-29-18-11-9-17(10-12-18)22-25-23(27-26-22)31-20(19-8-5-13-30-19)14-21(28)24-15-16-6-3-2-4-7-16/h2-13,20H,14-15H2,1H3,(H,24,28)(H,25,26,27)/t20-/m0/s1. The monoisotopic (exact) mass is 450 g/mol. The molecule has 1 atom stereocenters. The molecule has 4 rings (SSSR count). The third-order valence-corrected chi connectivity index (χ3v) is 6.87. The Labute approximate surface area is 189 Å². The molecule has 0 unspecified atom stereocenters. The molecule has 4 aromatic rings. The summed E-state index contributed by atoms with van der Waals surface area (Å²) in [6.07, 6.45) is 0.352. The average Bonchev–Trinajstić information content (AvgIpc) is 3.51. The second kappa shape index (κ2) is 10.3. The first-order chi connectivity index (χ1) is 15.2. The molecule has 0 saturated heterocycles. The van der Waals surface area contributed by atoms with Gasteiger partial charge in [-0.1, -0.05) is 48.2 Å². The van der Waals surface area contributed by atoms with Crippen LogP contribution in [0.5, 0.6) is 5.75 Å². The molecule has 1 amide bonds. The Morgan fingerprint density at radius 2 is 1.94 bits per heavy atom. The van der Waals surface area contributed by atoms with E-state index in [4.69, 9.17) is 4.74 Å². The molecule has 31 heavy (non-hydrogen) atoms. The Kier molecular flexibility index (Phi) is 7.01. The van der Waals surface area contributed by atoms with Gasteiger partial charge in [-0.2, -0.15) is 0 Å². The zero-order chi connectivity index (χ0) is 21.5. The van der Waals surface area contributed by atoms with Gasteiger partial charge in [-0.05, 0) is 41.3 Å². The van der Waals surface area contributed by atoms with Crippen molar-refractivity contribution >= 4 is 29.0 Å². The second-order valence-electron chi connectivity index (χ2n) is 6.78. The van der Waals surface area contributed by atoms with E-state index in [-0.39, 0.29) is 11.2 Å². The summed E-state index contributed by atoms with van der Waals surface area (Å²) in [5, 5.41) is 12.9. The van der Waals surface area contributed by atoms with E-state index in [0.717, 1.165) is 21.8 Å². The first-order valence-corrected chi connectivity index (χ1v) is 11.5. The van der Waals surface area contributed by atoms with Gasteiger partial charge in [-0.3, -0.25) is 9.89 Å². The summed E-state index contributed by atoms with van der Waals surface area (Å²) in [5.74, 6) is 1.47. The first kappa shape index (κ1) is 21.1. The molecule has 0 aliphatic carbocycles. The van der Waals surface area contributed by atoms with Crippen molar-refractivity contribution in [1.29, 1.82) is 0 Å². The molecule has 2 aromatic carbocycles. The number of amides is 1. The minimum absolute atomic E-state index is 0.000617. The number of hydrogen-bond donors (Lipinski definition) is 2. The Hall–Kier alpha value is -3.10. The number of thiophene rings is 1. The number of nitrogens with one attached hydrogen (secondary N) is 2. The number of methoxy groups -OCH3 is 1. The lowest BCUT2D eigenvalue weighted by molar-refractivity contribution is -0.121. The van der Waals surface area contributed by atoms with Gasteiger partial charge in [0.1, 0.15) is 5.75 Å². The molecule has 0 radical (unpaired) electrons. The van der Waals surface area contributed by atoms with Crippen LogP contribution in [-0.4, -0.2) is 28.2 Å². The van der Waals surface area contributed by atoms with Crippen molar-refractivity contribution in [2.45, 2.75) is 23.4 Å². The van der Waals surface area contributed by atoms with Crippen LogP contribution in [0.15, 0.2) is 77.3 Å². The van der Waals surface area contributed by atoms with Crippen LogP contribution in [0.1, 0.15) is 22.1 Å². The average molecular weight is 451 g/mol. The van der Waals surface area contributed by atoms with Gasteiger partial charge in [-0.15, -0.1) is 16.4 Å². The topological polar surface area (TPSA) is 79.9 Å². The zero-order valence-electron chi connectivity index (χ0n) is 16.9. The maximum atomic E-state index is 12.6. The molecule has 6 nitrogen and oxygen atoms in total. The van der Waals surface area contributed by atoms with Crippen LogP contribution in [0.3, 0.4) is 0 Å². The summed E-state index contributed by atoms with van der Waals surface area (Å²) in [7, 11) is 1.64. The number of aromatic nitrogens is 3. The molecule has 2 N–H and O–H groups in total. The van der Waals surface area contributed by atoms with Gasteiger partial charge >= 0.3 is 0 Å². The molecule has 0 fully saturated rings. The molecule has 0 saturated carbocycles. The lowest BCUT2D eigenvalue weighted by Gasteiger charge is -2.13. The highest BCUT2D eigenvalue weighted by Crippen LogP contribution is 2.38. The Bertz CT molecular complexity index is 1100. The van der Waals surface area contributed by atoms with Gasteiger partial charge in [0.25, 0.3) is 0 Å². The highest BCUT2D eigenvalue weighted by Gasteiger charge is 2.21. The number of hydrogen-bond acceptors (Lipinski definition) is 6. The lowest BCUT2D eigenvalue weighted by Crippen LogP contribution is -2.23. The number of thioether (sulfide) groups is 1. The van der Waals surface area contributed by atoms with Crippen molar-refractivity contribution in [3.05, 3.63) is 82.6 Å². The normalized spacial score (nSPS) is 11.8. The van der Waals surface area contributed by atoms with Gasteiger partial charge in [0.2, 0.25) is 11.1 Å². The van der Waals surface area contributed by atoms with Crippen LogP contribution in [-0.2, 0) is 11.3 Å². The number of benzene rings is 2. The summed E-state index contributed by atoms with van der Waals surface area (Å²) < 4.78 is 5.20. The minimum Gasteiger partial charge on any atom is -0.497 e. The highest BCUT2D eigenvalue weighted by atomic mass is 32.2. The quantitative estimate of drug-likeness (QED) is 0.348. The third kappa shape index (κ3) is 5.74. The van der Waals surface area contributed by atoms with Crippen molar-refractivity contribution < 1.29 is 9.53 Å². The van der Waals surface area contributed by atoms with E-state index in [2.05, 4.69) is 20.5 Å². The van der Waals surface area contributed by atoms with Crippen molar-refractivity contribution in [3.8, 4) is 17.1 Å². The van der Waals surface area contributed by atoms with Crippen LogP contribution >= 0.6 is 23.1 Å². The maximum absolute atomic E-state index is 12.6. The number of aromatic amines is 1. The SMILES string of the molecule is COc1ccc(-c2nc(S[C@@H](CC(=O)NCc3ccccc3)c3cccs3)n[nH]2)cc1. The van der Waals surface area contributed by atoms with E-state index in [9.17, 15) is 4.79 Å². The Morgan fingerprint density at radius 1 is 1.13 bits per heavy atom. The minimum atomic E-state index is -0.0599. The van der Waals surface area contributed by atoms with Gasteiger partial charge in [-0.25, -0.2) is 4.98 Å². The molecule has 158 valence electrons. The van der Waals surface area contributed by atoms with E-state index in [1.807, 2.05) is 72.1 Å². The van der Waals surface area contributed by atoms with E-state index in [0.29, 0.717) is 23.9 Å². The van der Waals surface area contributed by atoms with Gasteiger partial charge in [0, 0.05) is 23.4 Å². The predicted octanol–water partition coefficient (Wildman–Crippen LogP) is 5.08. The fourth-order valence-electron chi connectivity index (χ4n) is 3.02. The maximum Gasteiger partial charge on any atom is 0.221 e. The van der Waals surface area contributed by atoms with Crippen LogP contribution < -0.4 is 10.1 Å². The fourth-order valence-corrected chi connectivity index (χ4v) is 4.96. The van der Waals surface area contributed by atoms with E-state index in [1.54, 1.807) is 18.4 Å². The largest absolute Gasteiger partial charge is 0.497 e. The molecule has 0 bridgehead atoms. The van der Waals surface area contributed by atoms with E-state index < -0.39 is 0 Å². The lowest BCUT2D eigenvalue weighted by atomic mass is 10.2. The van der Waals surface area contributed by atoms with E-state index >= 15 is 0 Å². The van der Waals surface area contributed by atoms with E-state index in [1.165, 1.54) is 11.8 Å². The molecule has 8 heteroatoms. The Balaban J connectivity index is 1.42. The van der Waals surface area contributed by atoms with Gasteiger partial charge in [0.15, 0.2) is 5.82 Å². The van der Waals surface area contributed by atoms with Crippen LogP contribution in [0.4, 0.5) is 0 Å². The molecular formula is C23H22N4O2S2. The molecule has 2 heterocycles. The van der Waals surface area contributed by atoms with Crippen LogP contribution in [0, 0.1) is 0 Å². The summed E-state index contributed by atoms with van der Waals surface area (Å²) in [6.45, 7) is 0.518. The third-order valence-electron chi connectivity index (χ3n) is 4.64. The number of carbonyl (C=O) groups excluding carboxylic acids is 1. The summed E-state index contributed by atoms with van der Waals surface area (Å²) in [6, 6.07) is 21.6. The van der Waals surface area contributed by atoms with Crippen molar-refractivity contribution in [3.63, 3.8) is 0 Å². The number of carbonyl (C=O) groups is 1. The first-order valence-electron chi connectivity index (χ1n) is 9.79. The van der Waals surface area contributed by atoms with Crippen molar-refractivity contribution in [2.75, 3.05) is 7.11 Å². The second-order valence-corrected chi connectivity index (χ2v) is 8.93. The van der Waals surface area contributed by atoms with Gasteiger partial charge in [0.05, 0.1) is 12.4 Å². The number of ether oxygens (including phenoxy) is 1. The Morgan fingerprint density at radius 3 is 2.65 bits per heavy atom. The molecule has 0 aliphatic heterocycles. The summed E-state index contributed by atoms with van der Waals surface area (Å²) in [4.78, 5) is 18.4. The van der Waals surface area contributed by atoms with Crippen molar-refractivity contribution in [2.24, 2.45) is 0 Å². The fraction of sp³-hybridized carbons (Fsp3) is 0.174. The zero-order valence-corrected chi connectivity index (χ0v) is 18.6. The molecule has 0 aliphatic rings. The summed E-state index contributed by atoms with van der Waals surface area (Å²) >= 11 is 3.12. The van der Waals surface area contributed by atoms with Gasteiger partial charge < -0.3 is 10.1 Å². The number of nitrogens with zero attached hydrogens (tertiary/aromatic N) is 2. The smallest absolute Gasteiger partial charge is 0.221 e. The predicted molar refractivity (Wildman–Crippen MR) is 124 cm³/mol. The number of H-pyrrole nitrogens is 1. The van der Waals surface area contributed by atoms with Crippen molar-refractivity contribution in [1.82, 2.24) is 20.5 Å². The summed E-state index contributed by atoms with van der Waals surface area (Å²) in [5.41, 5.74) is 2.00. The molecular weight excluding hydrogens is 428 g/mol. The molecule has 2 aromatic heterocycles. The number of rotatable bonds is 9. The van der Waals surface area contributed by atoms with Crippen LogP contribution in [0.2, 0.25) is 0 Å².